The lowest BCUT2D eigenvalue weighted by Crippen LogP contribution is -2.17. The van der Waals surface area contributed by atoms with E-state index in [1.807, 2.05) is 6.08 Å². The summed E-state index contributed by atoms with van der Waals surface area (Å²) in [5.74, 6) is 5.70. The van der Waals surface area contributed by atoms with Gasteiger partial charge in [0.2, 0.25) is 0 Å². The number of hydrogen-bond donors (Lipinski definition) is 3. The normalized spacial score (nSPS) is 12.5. The molecule has 0 heterocycles. The number of rotatable bonds is 14. The summed E-state index contributed by atoms with van der Waals surface area (Å²) in [6.07, 6.45) is 16.8. The van der Waals surface area contributed by atoms with E-state index in [9.17, 15) is 0 Å². The summed E-state index contributed by atoms with van der Waals surface area (Å²) in [7, 11) is 0. The van der Waals surface area contributed by atoms with E-state index in [4.69, 9.17) is 20.1 Å². The fourth-order valence-electron chi connectivity index (χ4n) is 1.97. The summed E-state index contributed by atoms with van der Waals surface area (Å²) < 4.78 is 4.97. The van der Waals surface area contributed by atoms with Gasteiger partial charge in [0.15, 0.2) is 0 Å². The number of allylic oxidation sites excluding steroid dienone is 3. The zero-order valence-corrected chi connectivity index (χ0v) is 14.1. The van der Waals surface area contributed by atoms with Crippen molar-refractivity contribution in [1.29, 1.82) is 0 Å². The zero-order chi connectivity index (χ0) is 17.0. The zero-order valence-electron chi connectivity index (χ0n) is 14.1. The topological polar surface area (TPSA) is 69.9 Å². The van der Waals surface area contributed by atoms with E-state index >= 15 is 0 Å². The molecular formula is C19H32O4. The van der Waals surface area contributed by atoms with Crippen molar-refractivity contribution in [2.75, 3.05) is 19.8 Å². The lowest BCUT2D eigenvalue weighted by molar-refractivity contribution is 0.0385. The van der Waals surface area contributed by atoms with Crippen LogP contribution in [-0.2, 0) is 4.74 Å². The average Bonchev–Trinajstić information content (AvgIpc) is 2.57. The molecule has 4 nitrogen and oxygen atoms in total. The summed E-state index contributed by atoms with van der Waals surface area (Å²) in [6, 6.07) is 0. The van der Waals surface area contributed by atoms with Crippen LogP contribution in [0.5, 0.6) is 0 Å². The van der Waals surface area contributed by atoms with Gasteiger partial charge in [0.1, 0.15) is 12.7 Å². The minimum atomic E-state index is -0.840. The number of aliphatic hydroxyl groups is 3. The predicted molar refractivity (Wildman–Crippen MR) is 93.7 cm³/mol. The lowest BCUT2D eigenvalue weighted by atomic mass is 10.1. The predicted octanol–water partition coefficient (Wildman–Crippen LogP) is 2.93. The van der Waals surface area contributed by atoms with Gasteiger partial charge in [-0.1, -0.05) is 56.4 Å². The van der Waals surface area contributed by atoms with Gasteiger partial charge in [-0.2, -0.15) is 0 Å². The first-order chi connectivity index (χ1) is 11.3. The molecule has 0 aliphatic heterocycles. The van der Waals surface area contributed by atoms with Crippen LogP contribution < -0.4 is 0 Å². The van der Waals surface area contributed by atoms with Gasteiger partial charge in [0.05, 0.1) is 12.9 Å². The molecule has 0 aromatic rings. The molecule has 1 atom stereocenters. The van der Waals surface area contributed by atoms with Gasteiger partial charge in [-0.25, -0.2) is 0 Å². The van der Waals surface area contributed by atoms with Crippen molar-refractivity contribution in [2.45, 2.75) is 63.9 Å². The van der Waals surface area contributed by atoms with Gasteiger partial charge in [-0.15, -0.1) is 0 Å². The molecule has 4 heteroatoms. The summed E-state index contributed by atoms with van der Waals surface area (Å²) in [4.78, 5) is 0. The summed E-state index contributed by atoms with van der Waals surface area (Å²) in [6.45, 7) is 0.100. The fourth-order valence-corrected chi connectivity index (χ4v) is 1.97. The fraction of sp³-hybridized carbons (Fsp3) is 0.684. The third-order valence-electron chi connectivity index (χ3n) is 3.31. The van der Waals surface area contributed by atoms with E-state index in [0.29, 0.717) is 6.61 Å². The third kappa shape index (κ3) is 18.7. The monoisotopic (exact) mass is 324 g/mol. The highest BCUT2D eigenvalue weighted by Gasteiger charge is 1.98. The van der Waals surface area contributed by atoms with E-state index in [2.05, 4.69) is 17.9 Å². The van der Waals surface area contributed by atoms with Crippen molar-refractivity contribution in [2.24, 2.45) is 0 Å². The van der Waals surface area contributed by atoms with E-state index in [-0.39, 0.29) is 13.2 Å². The Hall–Kier alpha value is -1.28. The van der Waals surface area contributed by atoms with E-state index in [1.54, 1.807) is 6.08 Å². The molecule has 0 radical (unpaired) electrons. The van der Waals surface area contributed by atoms with Gasteiger partial charge in [0, 0.05) is 12.7 Å². The van der Waals surface area contributed by atoms with Crippen molar-refractivity contribution >= 4 is 0 Å². The molecule has 23 heavy (non-hydrogen) atoms. The Labute approximate surface area is 140 Å². The Kier molecular flexibility index (Phi) is 17.7. The molecule has 0 saturated heterocycles. The molecule has 0 aliphatic carbocycles. The molecular weight excluding hydrogens is 292 g/mol. The molecule has 0 unspecified atom stereocenters. The first kappa shape index (κ1) is 21.7. The maximum absolute atomic E-state index is 9.02. The summed E-state index contributed by atoms with van der Waals surface area (Å²) >= 11 is 0. The quantitative estimate of drug-likeness (QED) is 0.261. The largest absolute Gasteiger partial charge is 0.498 e. The van der Waals surface area contributed by atoms with Gasteiger partial charge in [-0.05, 0) is 25.3 Å². The van der Waals surface area contributed by atoms with Crippen LogP contribution >= 0.6 is 0 Å². The van der Waals surface area contributed by atoms with Gasteiger partial charge < -0.3 is 20.1 Å². The van der Waals surface area contributed by atoms with Crippen LogP contribution in [0.4, 0.5) is 0 Å². The maximum atomic E-state index is 9.02. The smallest absolute Gasteiger partial charge is 0.115 e. The molecule has 0 aromatic heterocycles. The highest BCUT2D eigenvalue weighted by Crippen LogP contribution is 2.09. The molecule has 0 bridgehead atoms. The molecule has 0 aliphatic rings. The second-order valence-corrected chi connectivity index (χ2v) is 5.50. The number of ether oxygens (including phenoxy) is 1. The van der Waals surface area contributed by atoms with Crippen LogP contribution in [0.1, 0.15) is 57.8 Å². The first-order valence-electron chi connectivity index (χ1n) is 8.63. The van der Waals surface area contributed by atoms with Crippen molar-refractivity contribution in [1.82, 2.24) is 0 Å². The molecule has 0 amide bonds. The highest BCUT2D eigenvalue weighted by molar-refractivity contribution is 5.22. The lowest BCUT2D eigenvalue weighted by Gasteiger charge is -2.04. The minimum Gasteiger partial charge on any atom is -0.498 e. The Bertz CT molecular complexity index is 352. The van der Waals surface area contributed by atoms with E-state index in [0.717, 1.165) is 19.3 Å². The number of aliphatic hydroxyl groups excluding tert-OH is 3. The first-order valence-corrected chi connectivity index (χ1v) is 8.63. The Morgan fingerprint density at radius 2 is 1.43 bits per heavy atom. The van der Waals surface area contributed by atoms with Crippen molar-refractivity contribution in [3.8, 4) is 11.8 Å². The van der Waals surface area contributed by atoms with E-state index < -0.39 is 6.10 Å². The third-order valence-corrected chi connectivity index (χ3v) is 3.31. The Morgan fingerprint density at radius 3 is 2.09 bits per heavy atom. The molecule has 132 valence electrons. The van der Waals surface area contributed by atoms with Crippen LogP contribution in [0.2, 0.25) is 0 Å². The Balaban J connectivity index is 3.34. The summed E-state index contributed by atoms with van der Waals surface area (Å²) in [5.41, 5.74) is 0. The van der Waals surface area contributed by atoms with Crippen molar-refractivity contribution < 1.29 is 20.1 Å². The Morgan fingerprint density at radius 1 is 0.826 bits per heavy atom. The summed E-state index contributed by atoms with van der Waals surface area (Å²) in [5, 5.41) is 26.3. The molecule has 0 rings (SSSR count). The van der Waals surface area contributed by atoms with Crippen LogP contribution in [0.15, 0.2) is 24.5 Å². The van der Waals surface area contributed by atoms with Crippen LogP contribution in [0.25, 0.3) is 0 Å². The molecule has 3 N–H and O–H groups in total. The SMILES string of the molecule is OCCCCCCCCCC/C=C/C#C/C=C/OC[C@@H](O)CO. The number of hydrogen-bond acceptors (Lipinski definition) is 4. The van der Waals surface area contributed by atoms with Gasteiger partial charge >= 0.3 is 0 Å². The molecule has 0 fully saturated rings. The molecule has 0 spiro atoms. The van der Waals surface area contributed by atoms with Crippen molar-refractivity contribution in [3.63, 3.8) is 0 Å². The van der Waals surface area contributed by atoms with Crippen LogP contribution in [0.3, 0.4) is 0 Å². The molecule has 0 saturated carbocycles. The number of unbranched alkanes of at least 4 members (excludes halogenated alkanes) is 8. The maximum Gasteiger partial charge on any atom is 0.115 e. The molecule has 0 aromatic carbocycles. The van der Waals surface area contributed by atoms with Gasteiger partial charge in [-0.3, -0.25) is 0 Å². The standard InChI is InChI=1S/C19H32O4/c20-15-13-11-9-7-5-3-1-2-4-6-8-10-12-14-16-23-18-19(22)17-21/h6,8,14,16,19-22H,1-5,7,9,11,13,15,17-18H2/b8-6+,16-14+/t19-/m0/s1. The van der Waals surface area contributed by atoms with Gasteiger partial charge in [0.25, 0.3) is 0 Å². The van der Waals surface area contributed by atoms with Crippen LogP contribution in [0, 0.1) is 11.8 Å². The van der Waals surface area contributed by atoms with Crippen molar-refractivity contribution in [3.05, 3.63) is 24.5 Å². The second-order valence-electron chi connectivity index (χ2n) is 5.50. The van der Waals surface area contributed by atoms with E-state index in [1.165, 1.54) is 44.8 Å². The highest BCUT2D eigenvalue weighted by atomic mass is 16.5. The minimum absolute atomic E-state index is 0.0754. The van der Waals surface area contributed by atoms with Crippen LogP contribution in [-0.4, -0.2) is 41.2 Å². The average molecular weight is 324 g/mol. The second kappa shape index (κ2) is 18.8.